The Labute approximate surface area is 148 Å². The molecule has 2 aromatic heterocycles. The van der Waals surface area contributed by atoms with Gasteiger partial charge in [0, 0.05) is 23.7 Å². The maximum Gasteiger partial charge on any atom is 0.508 e. The summed E-state index contributed by atoms with van der Waals surface area (Å²) in [7, 11) is 0. The number of rotatable bonds is 7. The first kappa shape index (κ1) is 18.8. The summed E-state index contributed by atoms with van der Waals surface area (Å²) in [5.74, 6) is 0.622. The van der Waals surface area contributed by atoms with E-state index in [0.29, 0.717) is 18.1 Å². The average Bonchev–Trinajstić information content (AvgIpc) is 2.61. The molecule has 0 spiro atoms. The minimum Gasteiger partial charge on any atom is -0.434 e. The van der Waals surface area contributed by atoms with E-state index in [0.717, 1.165) is 24.1 Å². The molecule has 0 saturated heterocycles. The average molecular weight is 343 g/mol. The highest BCUT2D eigenvalue weighted by atomic mass is 16.7. The van der Waals surface area contributed by atoms with Gasteiger partial charge in [-0.05, 0) is 31.4 Å². The Hall–Kier alpha value is -2.50. The van der Waals surface area contributed by atoms with E-state index in [1.165, 1.54) is 0 Å². The molecule has 0 aliphatic heterocycles. The van der Waals surface area contributed by atoms with Gasteiger partial charge in [-0.15, -0.1) is 0 Å². The number of ether oxygens (including phenoxy) is 2. The lowest BCUT2D eigenvalue weighted by atomic mass is 9.99. The van der Waals surface area contributed by atoms with Crippen LogP contribution >= 0.6 is 0 Å². The van der Waals surface area contributed by atoms with Crippen LogP contribution in [0.2, 0.25) is 0 Å². The van der Waals surface area contributed by atoms with E-state index in [-0.39, 0.29) is 5.92 Å². The van der Waals surface area contributed by atoms with Crippen molar-refractivity contribution in [2.45, 2.75) is 46.6 Å². The quantitative estimate of drug-likeness (QED) is 0.544. The van der Waals surface area contributed by atoms with Crippen molar-refractivity contribution < 1.29 is 14.3 Å². The number of carbonyl (C=O) groups excluding carboxylic acids is 1. The minimum atomic E-state index is -0.652. The predicted molar refractivity (Wildman–Crippen MR) is 94.9 cm³/mol. The third-order valence-corrected chi connectivity index (χ3v) is 3.76. The molecule has 0 aromatic carbocycles. The molecule has 2 aromatic rings. The zero-order valence-electron chi connectivity index (χ0n) is 15.2. The van der Waals surface area contributed by atoms with Crippen LogP contribution in [0.1, 0.15) is 51.0 Å². The smallest absolute Gasteiger partial charge is 0.434 e. The predicted octanol–water partition coefficient (Wildman–Crippen LogP) is 4.50. The van der Waals surface area contributed by atoms with Gasteiger partial charge in [0.1, 0.15) is 11.8 Å². The first-order chi connectivity index (χ1) is 12.0. The highest BCUT2D eigenvalue weighted by molar-refractivity contribution is 5.60. The van der Waals surface area contributed by atoms with Crippen LogP contribution in [-0.4, -0.2) is 27.7 Å². The molecule has 1 unspecified atom stereocenters. The fraction of sp³-hybridized carbons (Fsp3) is 0.474. The van der Waals surface area contributed by atoms with E-state index in [4.69, 9.17) is 9.47 Å². The summed E-state index contributed by atoms with van der Waals surface area (Å²) < 4.78 is 10.6. The fourth-order valence-electron chi connectivity index (χ4n) is 2.37. The number of aryl methyl sites for hydroxylation is 1. The van der Waals surface area contributed by atoms with Crippen LogP contribution in [-0.2, 0) is 9.47 Å². The third kappa shape index (κ3) is 5.24. The van der Waals surface area contributed by atoms with E-state index >= 15 is 0 Å². The van der Waals surface area contributed by atoms with Gasteiger partial charge in [-0.25, -0.2) is 14.8 Å². The number of carbonyl (C=O) groups is 1. The van der Waals surface area contributed by atoms with E-state index in [1.54, 1.807) is 12.4 Å². The largest absolute Gasteiger partial charge is 0.508 e. The SMILES string of the molecule is CCCCOC(=O)OC(c1cnc(-c2ccccn2)nc1C)C(C)C. The monoisotopic (exact) mass is 343 g/mol. The second kappa shape index (κ2) is 9.11. The molecule has 0 fully saturated rings. The summed E-state index contributed by atoms with van der Waals surface area (Å²) in [6.07, 6.45) is 4.09. The topological polar surface area (TPSA) is 74.2 Å². The van der Waals surface area contributed by atoms with Crippen molar-refractivity contribution in [2.24, 2.45) is 5.92 Å². The molecule has 0 bridgehead atoms. The normalized spacial score (nSPS) is 12.0. The molecular formula is C19H25N3O3. The van der Waals surface area contributed by atoms with Crippen LogP contribution in [0.25, 0.3) is 11.5 Å². The van der Waals surface area contributed by atoms with Crippen LogP contribution in [0.5, 0.6) is 0 Å². The standard InChI is InChI=1S/C19H25N3O3/c1-5-6-11-24-19(23)25-17(13(2)3)15-12-21-18(22-14(15)4)16-9-7-8-10-20-16/h7-10,12-13,17H,5-6,11H2,1-4H3. The Kier molecular flexibility index (Phi) is 6.86. The van der Waals surface area contributed by atoms with Crippen molar-refractivity contribution in [2.75, 3.05) is 6.61 Å². The van der Waals surface area contributed by atoms with Gasteiger partial charge in [-0.1, -0.05) is 33.3 Å². The van der Waals surface area contributed by atoms with Crippen molar-refractivity contribution >= 4 is 6.16 Å². The molecule has 0 aliphatic rings. The molecule has 6 heteroatoms. The van der Waals surface area contributed by atoms with E-state index in [9.17, 15) is 4.79 Å². The summed E-state index contributed by atoms with van der Waals surface area (Å²) in [6.45, 7) is 8.25. The fourth-order valence-corrected chi connectivity index (χ4v) is 2.37. The highest BCUT2D eigenvalue weighted by Crippen LogP contribution is 2.28. The number of pyridine rings is 1. The van der Waals surface area contributed by atoms with Crippen LogP contribution in [0.4, 0.5) is 4.79 Å². The van der Waals surface area contributed by atoms with Crippen molar-refractivity contribution in [3.05, 3.63) is 41.9 Å². The van der Waals surface area contributed by atoms with Gasteiger partial charge >= 0.3 is 6.16 Å². The molecule has 0 aliphatic carbocycles. The Morgan fingerprint density at radius 1 is 1.24 bits per heavy atom. The van der Waals surface area contributed by atoms with Crippen LogP contribution in [0.3, 0.4) is 0 Å². The zero-order valence-corrected chi connectivity index (χ0v) is 15.2. The first-order valence-corrected chi connectivity index (χ1v) is 8.61. The Bertz CT molecular complexity index is 690. The number of nitrogens with zero attached hydrogens (tertiary/aromatic N) is 3. The second-order valence-corrected chi connectivity index (χ2v) is 6.18. The van der Waals surface area contributed by atoms with E-state index < -0.39 is 12.3 Å². The number of aromatic nitrogens is 3. The molecule has 2 heterocycles. The van der Waals surface area contributed by atoms with Crippen LogP contribution < -0.4 is 0 Å². The number of hydrogen-bond donors (Lipinski definition) is 0. The molecule has 0 N–H and O–H groups in total. The lowest BCUT2D eigenvalue weighted by Crippen LogP contribution is -2.19. The molecule has 0 saturated carbocycles. The zero-order chi connectivity index (χ0) is 18.2. The first-order valence-electron chi connectivity index (χ1n) is 8.61. The summed E-state index contributed by atoms with van der Waals surface area (Å²) >= 11 is 0. The van der Waals surface area contributed by atoms with E-state index in [1.807, 2.05) is 45.9 Å². The second-order valence-electron chi connectivity index (χ2n) is 6.18. The van der Waals surface area contributed by atoms with Crippen molar-refractivity contribution in [1.29, 1.82) is 0 Å². The molecule has 25 heavy (non-hydrogen) atoms. The van der Waals surface area contributed by atoms with Crippen molar-refractivity contribution in [3.8, 4) is 11.5 Å². The van der Waals surface area contributed by atoms with E-state index in [2.05, 4.69) is 15.0 Å². The maximum atomic E-state index is 11.9. The lowest BCUT2D eigenvalue weighted by Gasteiger charge is -2.22. The molecule has 0 amide bonds. The van der Waals surface area contributed by atoms with Crippen LogP contribution in [0.15, 0.2) is 30.6 Å². The van der Waals surface area contributed by atoms with Crippen molar-refractivity contribution in [3.63, 3.8) is 0 Å². The summed E-state index contributed by atoms with van der Waals surface area (Å²) in [6, 6.07) is 5.59. The summed E-state index contributed by atoms with van der Waals surface area (Å²) in [4.78, 5) is 25.1. The van der Waals surface area contributed by atoms with Crippen molar-refractivity contribution in [1.82, 2.24) is 15.0 Å². The summed E-state index contributed by atoms with van der Waals surface area (Å²) in [5, 5.41) is 0. The van der Waals surface area contributed by atoms with Gasteiger partial charge in [0.05, 0.1) is 6.61 Å². The number of unbranched alkanes of at least 4 members (excludes halogenated alkanes) is 1. The maximum absolute atomic E-state index is 11.9. The van der Waals surface area contributed by atoms with Gasteiger partial charge in [-0.3, -0.25) is 4.98 Å². The highest BCUT2D eigenvalue weighted by Gasteiger charge is 2.24. The Morgan fingerprint density at radius 3 is 2.64 bits per heavy atom. The van der Waals surface area contributed by atoms with Gasteiger partial charge in [0.25, 0.3) is 0 Å². The summed E-state index contributed by atoms with van der Waals surface area (Å²) in [5.41, 5.74) is 2.25. The Balaban J connectivity index is 2.17. The molecule has 134 valence electrons. The molecular weight excluding hydrogens is 318 g/mol. The Morgan fingerprint density at radius 2 is 2.04 bits per heavy atom. The van der Waals surface area contributed by atoms with Gasteiger partial charge in [-0.2, -0.15) is 0 Å². The lowest BCUT2D eigenvalue weighted by molar-refractivity contribution is 0.00566. The van der Waals surface area contributed by atoms with Gasteiger partial charge < -0.3 is 9.47 Å². The van der Waals surface area contributed by atoms with Crippen LogP contribution in [0, 0.1) is 12.8 Å². The molecule has 1 atom stereocenters. The third-order valence-electron chi connectivity index (χ3n) is 3.76. The van der Waals surface area contributed by atoms with Gasteiger partial charge in [0.15, 0.2) is 5.82 Å². The van der Waals surface area contributed by atoms with Gasteiger partial charge in [0.2, 0.25) is 0 Å². The molecule has 2 rings (SSSR count). The molecule has 0 radical (unpaired) electrons. The minimum absolute atomic E-state index is 0.0710. The molecule has 6 nitrogen and oxygen atoms in total. The number of hydrogen-bond acceptors (Lipinski definition) is 6.